The molecule has 0 amide bonds. The van der Waals surface area contributed by atoms with Crippen LogP contribution in [0.3, 0.4) is 0 Å². The number of hydrogen-bond acceptors (Lipinski definition) is 2. The van der Waals surface area contributed by atoms with E-state index in [4.69, 9.17) is 0 Å². The first-order valence-electron chi connectivity index (χ1n) is 7.24. The van der Waals surface area contributed by atoms with Gasteiger partial charge in [-0.25, -0.2) is 4.98 Å². The van der Waals surface area contributed by atoms with Gasteiger partial charge in [-0.15, -0.1) is 0 Å². The summed E-state index contributed by atoms with van der Waals surface area (Å²) in [6, 6.07) is 8.28. The zero-order valence-corrected chi connectivity index (χ0v) is 12.5. The Labute approximate surface area is 120 Å². The van der Waals surface area contributed by atoms with Crippen LogP contribution in [0.2, 0.25) is 0 Å². The van der Waals surface area contributed by atoms with E-state index in [2.05, 4.69) is 48.1 Å². The van der Waals surface area contributed by atoms with E-state index in [1.807, 2.05) is 6.92 Å². The van der Waals surface area contributed by atoms with Crippen molar-refractivity contribution < 1.29 is 0 Å². The number of aryl methyl sites for hydroxylation is 3. The minimum absolute atomic E-state index is 0.00387. The molecular weight excluding hydrogens is 248 g/mol. The summed E-state index contributed by atoms with van der Waals surface area (Å²) in [5.41, 5.74) is 4.00. The summed E-state index contributed by atoms with van der Waals surface area (Å²) in [5.74, 6) is 0.807. The van der Waals surface area contributed by atoms with Crippen molar-refractivity contribution in [2.24, 2.45) is 0 Å². The van der Waals surface area contributed by atoms with Gasteiger partial charge in [0.2, 0.25) is 0 Å². The van der Waals surface area contributed by atoms with Crippen LogP contribution in [0.4, 0.5) is 0 Å². The van der Waals surface area contributed by atoms with Crippen molar-refractivity contribution in [2.75, 3.05) is 0 Å². The molecule has 3 nitrogen and oxygen atoms in total. The van der Waals surface area contributed by atoms with Crippen molar-refractivity contribution in [3.05, 3.63) is 62.8 Å². The summed E-state index contributed by atoms with van der Waals surface area (Å²) in [6.07, 6.45) is 3.65. The van der Waals surface area contributed by atoms with Crippen LogP contribution in [0.5, 0.6) is 0 Å². The SMILES string of the molecule is CCCCc1nc(C)c(Cc2ccc(C)cc2)c(=O)[nH]1. The molecule has 0 spiro atoms. The van der Waals surface area contributed by atoms with E-state index < -0.39 is 0 Å². The Morgan fingerprint density at radius 2 is 1.85 bits per heavy atom. The Morgan fingerprint density at radius 1 is 1.15 bits per heavy atom. The third kappa shape index (κ3) is 3.56. The third-order valence-electron chi connectivity index (χ3n) is 3.54. The van der Waals surface area contributed by atoms with Crippen LogP contribution in [-0.2, 0) is 12.8 Å². The molecular formula is C17H22N2O. The van der Waals surface area contributed by atoms with Crippen LogP contribution in [0, 0.1) is 13.8 Å². The summed E-state index contributed by atoms with van der Waals surface area (Å²) >= 11 is 0. The van der Waals surface area contributed by atoms with Crippen LogP contribution in [0.1, 0.15) is 48.0 Å². The second-order valence-electron chi connectivity index (χ2n) is 5.34. The summed E-state index contributed by atoms with van der Waals surface area (Å²) in [7, 11) is 0. The quantitative estimate of drug-likeness (QED) is 0.906. The molecule has 1 aromatic heterocycles. The number of benzene rings is 1. The zero-order valence-electron chi connectivity index (χ0n) is 12.5. The van der Waals surface area contributed by atoms with Crippen LogP contribution in [-0.4, -0.2) is 9.97 Å². The molecule has 3 heteroatoms. The Bertz CT molecular complexity index is 626. The molecule has 0 bridgehead atoms. The minimum atomic E-state index is 0.00387. The number of hydrogen-bond donors (Lipinski definition) is 1. The average molecular weight is 270 g/mol. The van der Waals surface area contributed by atoms with Gasteiger partial charge in [0.05, 0.1) is 0 Å². The Morgan fingerprint density at radius 3 is 2.45 bits per heavy atom. The third-order valence-corrected chi connectivity index (χ3v) is 3.54. The Hall–Kier alpha value is -1.90. The molecule has 0 radical (unpaired) electrons. The fourth-order valence-corrected chi connectivity index (χ4v) is 2.25. The van der Waals surface area contributed by atoms with E-state index in [0.717, 1.165) is 41.9 Å². The lowest BCUT2D eigenvalue weighted by molar-refractivity contribution is 0.738. The maximum Gasteiger partial charge on any atom is 0.254 e. The van der Waals surface area contributed by atoms with Gasteiger partial charge < -0.3 is 4.98 Å². The van der Waals surface area contributed by atoms with E-state index in [0.29, 0.717) is 6.42 Å². The second-order valence-corrected chi connectivity index (χ2v) is 5.34. The van der Waals surface area contributed by atoms with E-state index in [-0.39, 0.29) is 5.56 Å². The first-order chi connectivity index (χ1) is 9.60. The highest BCUT2D eigenvalue weighted by Gasteiger charge is 2.08. The van der Waals surface area contributed by atoms with Gasteiger partial charge in [0.1, 0.15) is 5.82 Å². The molecule has 1 heterocycles. The van der Waals surface area contributed by atoms with Crippen molar-refractivity contribution in [3.63, 3.8) is 0 Å². The lowest BCUT2D eigenvalue weighted by atomic mass is 10.0. The Balaban J connectivity index is 2.24. The van der Waals surface area contributed by atoms with Gasteiger partial charge in [-0.2, -0.15) is 0 Å². The molecule has 0 fully saturated rings. The van der Waals surface area contributed by atoms with Gasteiger partial charge >= 0.3 is 0 Å². The van der Waals surface area contributed by atoms with Crippen molar-refractivity contribution in [3.8, 4) is 0 Å². The van der Waals surface area contributed by atoms with E-state index in [1.165, 1.54) is 5.56 Å². The van der Waals surface area contributed by atoms with Crippen LogP contribution < -0.4 is 5.56 Å². The molecule has 106 valence electrons. The molecule has 0 atom stereocenters. The fourth-order valence-electron chi connectivity index (χ4n) is 2.25. The van der Waals surface area contributed by atoms with Crippen molar-refractivity contribution in [1.82, 2.24) is 9.97 Å². The predicted molar refractivity (Wildman–Crippen MR) is 82.2 cm³/mol. The first-order valence-corrected chi connectivity index (χ1v) is 7.24. The summed E-state index contributed by atoms with van der Waals surface area (Å²) < 4.78 is 0. The van der Waals surface area contributed by atoms with Crippen LogP contribution in [0.25, 0.3) is 0 Å². The number of aromatic amines is 1. The topological polar surface area (TPSA) is 45.8 Å². The van der Waals surface area contributed by atoms with Gasteiger partial charge in [-0.1, -0.05) is 43.2 Å². The molecule has 0 saturated heterocycles. The molecule has 20 heavy (non-hydrogen) atoms. The average Bonchev–Trinajstić information content (AvgIpc) is 2.42. The van der Waals surface area contributed by atoms with Crippen LogP contribution in [0.15, 0.2) is 29.1 Å². The minimum Gasteiger partial charge on any atom is -0.310 e. The molecule has 2 rings (SSSR count). The van der Waals surface area contributed by atoms with Gasteiger partial charge in [0, 0.05) is 24.1 Å². The highest BCUT2D eigenvalue weighted by atomic mass is 16.1. The molecule has 0 saturated carbocycles. The standard InChI is InChI=1S/C17H22N2O/c1-4-5-6-16-18-13(3)15(17(20)19-16)11-14-9-7-12(2)8-10-14/h7-10H,4-6,11H2,1-3H3,(H,18,19,20). The molecule has 0 unspecified atom stereocenters. The van der Waals surface area contributed by atoms with Crippen molar-refractivity contribution in [1.29, 1.82) is 0 Å². The van der Waals surface area contributed by atoms with E-state index in [9.17, 15) is 4.79 Å². The van der Waals surface area contributed by atoms with Gasteiger partial charge in [-0.05, 0) is 25.8 Å². The maximum absolute atomic E-state index is 12.2. The number of H-pyrrole nitrogens is 1. The highest BCUT2D eigenvalue weighted by molar-refractivity contribution is 5.29. The molecule has 1 N–H and O–H groups in total. The van der Waals surface area contributed by atoms with Crippen LogP contribution >= 0.6 is 0 Å². The lowest BCUT2D eigenvalue weighted by Gasteiger charge is -2.07. The van der Waals surface area contributed by atoms with E-state index >= 15 is 0 Å². The first kappa shape index (κ1) is 14.5. The van der Waals surface area contributed by atoms with E-state index in [1.54, 1.807) is 0 Å². The molecule has 0 aliphatic heterocycles. The number of nitrogens with one attached hydrogen (secondary N) is 1. The fraction of sp³-hybridized carbons (Fsp3) is 0.412. The van der Waals surface area contributed by atoms with Crippen molar-refractivity contribution >= 4 is 0 Å². The number of rotatable bonds is 5. The van der Waals surface area contributed by atoms with Gasteiger partial charge in [0.25, 0.3) is 5.56 Å². The highest BCUT2D eigenvalue weighted by Crippen LogP contribution is 2.10. The summed E-state index contributed by atoms with van der Waals surface area (Å²) in [6.45, 7) is 6.12. The van der Waals surface area contributed by atoms with Gasteiger partial charge in [-0.3, -0.25) is 4.79 Å². The smallest absolute Gasteiger partial charge is 0.254 e. The molecule has 1 aromatic carbocycles. The lowest BCUT2D eigenvalue weighted by Crippen LogP contribution is -2.19. The predicted octanol–water partition coefficient (Wildman–Crippen LogP) is 3.32. The zero-order chi connectivity index (χ0) is 14.5. The molecule has 0 aliphatic carbocycles. The Kier molecular flexibility index (Phi) is 4.72. The number of aromatic nitrogens is 2. The number of nitrogens with zero attached hydrogens (tertiary/aromatic N) is 1. The van der Waals surface area contributed by atoms with Crippen molar-refractivity contribution in [2.45, 2.75) is 46.5 Å². The molecule has 0 aliphatic rings. The summed E-state index contributed by atoms with van der Waals surface area (Å²) in [5, 5.41) is 0. The maximum atomic E-state index is 12.2. The second kappa shape index (κ2) is 6.51. The summed E-state index contributed by atoms with van der Waals surface area (Å²) in [4.78, 5) is 19.6. The van der Waals surface area contributed by atoms with Gasteiger partial charge in [0.15, 0.2) is 0 Å². The largest absolute Gasteiger partial charge is 0.310 e. The normalized spacial score (nSPS) is 10.8. The number of unbranched alkanes of at least 4 members (excludes halogenated alkanes) is 1. The molecule has 2 aromatic rings. The monoisotopic (exact) mass is 270 g/mol.